The van der Waals surface area contributed by atoms with E-state index < -0.39 is 55.0 Å². The summed E-state index contributed by atoms with van der Waals surface area (Å²) in [7, 11) is 0. The molecule has 0 aromatic carbocycles. The van der Waals surface area contributed by atoms with Crippen molar-refractivity contribution in [3.8, 4) is 0 Å². The van der Waals surface area contributed by atoms with Gasteiger partial charge in [0.2, 0.25) is 0 Å². The fourth-order valence-electron chi connectivity index (χ4n) is 1.58. The highest BCUT2D eigenvalue weighted by Gasteiger charge is 2.36. The van der Waals surface area contributed by atoms with Crippen molar-refractivity contribution in [2.24, 2.45) is 5.73 Å². The molecule has 13 heteroatoms. The van der Waals surface area contributed by atoms with Crippen molar-refractivity contribution in [3.05, 3.63) is 0 Å². The Balaban J connectivity index is 4.60. The third-order valence-corrected chi connectivity index (χ3v) is 3.90. The van der Waals surface area contributed by atoms with Crippen LogP contribution in [0.25, 0.3) is 0 Å². The largest absolute Gasteiger partial charge is 0.395 e. The number of hydrogen-bond acceptors (Lipinski definition) is 13. The van der Waals surface area contributed by atoms with Gasteiger partial charge in [-0.2, -0.15) is 18.1 Å². The minimum Gasteiger partial charge on any atom is -0.395 e. The van der Waals surface area contributed by atoms with Crippen molar-refractivity contribution >= 4 is 25.4 Å². The third kappa shape index (κ3) is 9.67. The van der Waals surface area contributed by atoms with Gasteiger partial charge in [0.05, 0.1) is 32.5 Å². The van der Waals surface area contributed by atoms with Crippen molar-refractivity contribution in [2.45, 2.75) is 48.5 Å². The number of hydroxylamine groups is 1. The molecule has 0 amide bonds. The van der Waals surface area contributed by atoms with Crippen molar-refractivity contribution in [1.29, 1.82) is 0 Å². The van der Waals surface area contributed by atoms with E-state index in [2.05, 4.69) is 35.6 Å². The molecule has 0 heterocycles. The van der Waals surface area contributed by atoms with Gasteiger partial charge < -0.3 is 41.1 Å². The quantitative estimate of drug-likeness (QED) is 0.0765. The smallest absolute Gasteiger partial charge is 0.181 e. The van der Waals surface area contributed by atoms with Crippen LogP contribution in [0, 0.1) is 0 Å². The number of rotatable bonds is 14. The molecule has 0 aliphatic carbocycles. The van der Waals surface area contributed by atoms with E-state index >= 15 is 0 Å². The summed E-state index contributed by atoms with van der Waals surface area (Å²) in [6, 6.07) is -1.30. The molecule has 5 unspecified atom stereocenters. The molecule has 5 atom stereocenters. The minimum atomic E-state index is -2.39. The predicted molar refractivity (Wildman–Crippen MR) is 94.3 cm³/mol. The van der Waals surface area contributed by atoms with E-state index in [4.69, 9.17) is 25.5 Å². The lowest BCUT2D eigenvalue weighted by Gasteiger charge is -2.33. The molecule has 0 saturated heterocycles. The highest BCUT2D eigenvalue weighted by Crippen LogP contribution is 2.21. The summed E-state index contributed by atoms with van der Waals surface area (Å²) in [4.78, 5) is 4.95. The molecule has 0 bridgehead atoms. The van der Waals surface area contributed by atoms with E-state index in [1.165, 1.54) is 6.92 Å². The summed E-state index contributed by atoms with van der Waals surface area (Å²) < 4.78 is 7.93. The molecular formula is C12H29N3O8S2. The zero-order chi connectivity index (χ0) is 19.7. The molecule has 10 N–H and O–H groups in total. The number of thiol groups is 2. The summed E-state index contributed by atoms with van der Waals surface area (Å²) in [5, 5.41) is 55.4. The van der Waals surface area contributed by atoms with E-state index in [-0.39, 0.29) is 13.0 Å². The summed E-state index contributed by atoms with van der Waals surface area (Å²) in [6.45, 7) is -0.641. The van der Waals surface area contributed by atoms with Gasteiger partial charge >= 0.3 is 0 Å². The normalized spacial score (nSPS) is 19.9. The van der Waals surface area contributed by atoms with Gasteiger partial charge in [-0.15, -0.1) is 0 Å². The molecule has 0 saturated carbocycles. The highest BCUT2D eigenvalue weighted by atomic mass is 32.1. The van der Waals surface area contributed by atoms with Gasteiger partial charge in [-0.1, -0.05) is 12.8 Å². The first-order chi connectivity index (χ1) is 11.5. The van der Waals surface area contributed by atoms with Crippen LogP contribution >= 0.6 is 25.4 Å². The van der Waals surface area contributed by atoms with E-state index in [1.54, 1.807) is 0 Å². The molecular weight excluding hydrogens is 378 g/mol. The standard InChI is InChI=1S/C12H29N3O8S2/c1-11(19,6-18)15-22-5-7(3-16)23-10(14-25)8(24)2-12(20,21)9(13)4-17/h7-10,14-21,24-25H,2-6,13H2,1H3. The fraction of sp³-hybridized carbons (Fsp3) is 1.00. The molecule has 0 aliphatic heterocycles. The molecule has 0 spiro atoms. The Bertz CT molecular complexity index is 367. The van der Waals surface area contributed by atoms with Crippen molar-refractivity contribution < 1.29 is 40.2 Å². The number of ether oxygens (including phenoxy) is 1. The Labute approximate surface area is 157 Å². The first kappa shape index (κ1) is 25.3. The van der Waals surface area contributed by atoms with Gasteiger partial charge in [0.25, 0.3) is 0 Å². The number of nitrogens with one attached hydrogen (secondary N) is 2. The van der Waals surface area contributed by atoms with Crippen LogP contribution in [0.3, 0.4) is 0 Å². The SMILES string of the molecule is CC(O)(CO)NOCC(CO)OC(NS)C(S)CC(O)(O)C(N)CO. The number of nitrogens with two attached hydrogens (primary N) is 1. The van der Waals surface area contributed by atoms with E-state index in [9.17, 15) is 20.4 Å². The average Bonchev–Trinajstić information content (AvgIpc) is 2.56. The lowest BCUT2D eigenvalue weighted by Crippen LogP contribution is -2.54. The molecule has 25 heavy (non-hydrogen) atoms. The molecule has 0 aromatic rings. The second kappa shape index (κ2) is 11.9. The first-order valence-corrected chi connectivity index (χ1v) is 8.36. The molecule has 11 nitrogen and oxygen atoms in total. The molecule has 152 valence electrons. The maximum atomic E-state index is 9.83. The monoisotopic (exact) mass is 407 g/mol. The highest BCUT2D eigenvalue weighted by molar-refractivity contribution is 7.81. The molecule has 0 aliphatic rings. The van der Waals surface area contributed by atoms with Crippen molar-refractivity contribution in [2.75, 3.05) is 26.4 Å². The summed E-state index contributed by atoms with van der Waals surface area (Å²) >= 11 is 8.06. The minimum absolute atomic E-state index is 0.210. The third-order valence-electron chi connectivity index (χ3n) is 3.19. The summed E-state index contributed by atoms with van der Waals surface area (Å²) in [5.74, 6) is -2.39. The summed E-state index contributed by atoms with van der Waals surface area (Å²) in [5.41, 5.74) is 5.93. The van der Waals surface area contributed by atoms with Gasteiger partial charge in [-0.05, 0) is 6.92 Å². The Morgan fingerprint density at radius 1 is 1.16 bits per heavy atom. The Morgan fingerprint density at radius 2 is 1.76 bits per heavy atom. The topological polar surface area (TPSA) is 190 Å². The predicted octanol–water partition coefficient (Wildman–Crippen LogP) is -3.96. The zero-order valence-electron chi connectivity index (χ0n) is 13.8. The van der Waals surface area contributed by atoms with Crippen LogP contribution in [0.5, 0.6) is 0 Å². The van der Waals surface area contributed by atoms with E-state index in [0.29, 0.717) is 0 Å². The van der Waals surface area contributed by atoms with Crippen LogP contribution in [0.1, 0.15) is 13.3 Å². The molecule has 0 fully saturated rings. The van der Waals surface area contributed by atoms with Crippen LogP contribution in [0.2, 0.25) is 0 Å². The average molecular weight is 408 g/mol. The van der Waals surface area contributed by atoms with Gasteiger partial charge in [-0.3, -0.25) is 4.84 Å². The van der Waals surface area contributed by atoms with Gasteiger partial charge in [0.15, 0.2) is 11.5 Å². The summed E-state index contributed by atoms with van der Waals surface area (Å²) in [6.07, 6.45) is -2.21. The lowest BCUT2D eigenvalue weighted by atomic mass is 10.0. The molecule has 0 rings (SSSR count). The zero-order valence-corrected chi connectivity index (χ0v) is 15.6. The van der Waals surface area contributed by atoms with E-state index in [1.807, 2.05) is 0 Å². The first-order valence-electron chi connectivity index (χ1n) is 7.40. The van der Waals surface area contributed by atoms with Crippen molar-refractivity contribution in [3.63, 3.8) is 0 Å². The van der Waals surface area contributed by atoms with Gasteiger partial charge in [-0.25, -0.2) is 4.72 Å². The van der Waals surface area contributed by atoms with E-state index in [0.717, 1.165) is 0 Å². The van der Waals surface area contributed by atoms with Gasteiger partial charge in [0.1, 0.15) is 12.3 Å². The molecule has 0 aromatic heterocycles. The van der Waals surface area contributed by atoms with Crippen molar-refractivity contribution in [1.82, 2.24) is 10.2 Å². The maximum Gasteiger partial charge on any atom is 0.181 e. The maximum absolute atomic E-state index is 9.83. The van der Waals surface area contributed by atoms with Gasteiger partial charge in [0, 0.05) is 11.7 Å². The second-order valence-corrected chi connectivity index (χ2v) is 6.70. The Kier molecular flexibility index (Phi) is 12.0. The van der Waals surface area contributed by atoms with Crippen LogP contribution in [0.4, 0.5) is 0 Å². The van der Waals surface area contributed by atoms with Crippen LogP contribution in [0.15, 0.2) is 0 Å². The number of aliphatic hydroxyl groups excluding tert-OH is 3. The number of aliphatic hydroxyl groups is 6. The van der Waals surface area contributed by atoms with Crippen LogP contribution < -0.4 is 15.9 Å². The fourth-order valence-corrected chi connectivity index (χ4v) is 2.36. The Morgan fingerprint density at radius 3 is 2.20 bits per heavy atom. The number of hydrogen-bond donors (Lipinski definition) is 11. The Hall–Kier alpha value is 0.260. The second-order valence-electron chi connectivity index (χ2n) is 5.77. The lowest BCUT2D eigenvalue weighted by molar-refractivity contribution is -0.195. The molecule has 0 radical (unpaired) electrons. The van der Waals surface area contributed by atoms with Crippen LogP contribution in [-0.4, -0.2) is 92.2 Å². The van der Waals surface area contributed by atoms with Crippen LogP contribution in [-0.2, 0) is 9.57 Å².